The van der Waals surface area contributed by atoms with E-state index in [1.807, 2.05) is 7.05 Å². The first kappa shape index (κ1) is 5.24. The summed E-state index contributed by atoms with van der Waals surface area (Å²) in [5, 5.41) is 9.98. The van der Waals surface area contributed by atoms with Gasteiger partial charge in [-0.3, -0.25) is 0 Å². The van der Waals surface area contributed by atoms with Crippen LogP contribution >= 0.6 is 0 Å². The summed E-state index contributed by atoms with van der Waals surface area (Å²) in [6.07, 6.45) is 1.31. The van der Waals surface area contributed by atoms with Crippen molar-refractivity contribution in [1.29, 1.82) is 0 Å². The van der Waals surface area contributed by atoms with Gasteiger partial charge < -0.3 is 9.73 Å². The number of aromatic nitrogens is 2. The van der Waals surface area contributed by atoms with Crippen LogP contribution in [0.2, 0.25) is 0 Å². The third-order valence-corrected chi connectivity index (χ3v) is 0.733. The first-order valence-corrected chi connectivity index (χ1v) is 2.33. The minimum Gasteiger partial charge on any atom is -0.427 e. The number of hydrogen-bond acceptors (Lipinski definition) is 4. The molecule has 0 atom stereocenters. The summed E-state index contributed by atoms with van der Waals surface area (Å²) in [6.45, 7) is 0.639. The molecule has 0 fully saturated rings. The Morgan fingerprint density at radius 1 is 1.88 bits per heavy atom. The minimum atomic E-state index is 0.618. The molecule has 44 valence electrons. The molecule has 0 saturated carbocycles. The molecular weight excluding hydrogens is 106 g/mol. The highest BCUT2D eigenvalue weighted by atomic mass is 16.4. The Morgan fingerprint density at radius 2 is 2.75 bits per heavy atom. The predicted octanol–water partition coefficient (Wildman–Crippen LogP) is -0.211. The molecule has 1 aromatic rings. The van der Waals surface area contributed by atoms with Gasteiger partial charge >= 0.3 is 0 Å². The zero-order chi connectivity index (χ0) is 5.82. The van der Waals surface area contributed by atoms with Crippen LogP contribution in [-0.2, 0) is 6.54 Å². The van der Waals surface area contributed by atoms with E-state index in [1.54, 1.807) is 0 Å². The number of nitrogens with zero attached hydrogens (tertiary/aromatic N) is 2. The maximum atomic E-state index is 4.79. The predicted molar refractivity (Wildman–Crippen MR) is 27.1 cm³/mol. The fraction of sp³-hybridized carbons (Fsp3) is 0.500. The largest absolute Gasteiger partial charge is 0.427 e. The molecule has 0 aliphatic heterocycles. The summed E-state index contributed by atoms with van der Waals surface area (Å²) in [5.74, 6) is 0.618. The Hall–Kier alpha value is -0.900. The zero-order valence-corrected chi connectivity index (χ0v) is 4.59. The normalized spacial score (nSPS) is 9.62. The highest BCUT2D eigenvalue weighted by Crippen LogP contribution is 1.87. The second-order valence-corrected chi connectivity index (χ2v) is 1.36. The fourth-order valence-electron chi connectivity index (χ4n) is 0.424. The molecule has 0 radical (unpaired) electrons. The second-order valence-electron chi connectivity index (χ2n) is 1.36. The molecule has 0 aromatic carbocycles. The Kier molecular flexibility index (Phi) is 1.58. The van der Waals surface area contributed by atoms with E-state index in [-0.39, 0.29) is 0 Å². The van der Waals surface area contributed by atoms with E-state index >= 15 is 0 Å². The van der Waals surface area contributed by atoms with Crippen LogP contribution in [0.4, 0.5) is 0 Å². The SMILES string of the molecule is CNCc1nnco1. The van der Waals surface area contributed by atoms with E-state index in [4.69, 9.17) is 4.42 Å². The molecule has 1 heterocycles. The molecule has 0 aliphatic rings. The third-order valence-electron chi connectivity index (χ3n) is 0.733. The van der Waals surface area contributed by atoms with Crippen molar-refractivity contribution in [2.45, 2.75) is 6.54 Å². The van der Waals surface area contributed by atoms with Crippen molar-refractivity contribution in [2.24, 2.45) is 0 Å². The summed E-state index contributed by atoms with van der Waals surface area (Å²) in [7, 11) is 1.82. The average Bonchev–Trinajstić information content (AvgIpc) is 2.19. The molecular formula is C4H7N3O. The number of nitrogens with one attached hydrogen (secondary N) is 1. The highest BCUT2D eigenvalue weighted by molar-refractivity contribution is 4.69. The van der Waals surface area contributed by atoms with Crippen LogP contribution in [0.3, 0.4) is 0 Å². The second kappa shape index (κ2) is 2.42. The lowest BCUT2D eigenvalue weighted by Crippen LogP contribution is -2.04. The lowest BCUT2D eigenvalue weighted by molar-refractivity contribution is 0.479. The van der Waals surface area contributed by atoms with Crippen molar-refractivity contribution >= 4 is 0 Å². The van der Waals surface area contributed by atoms with Gasteiger partial charge in [0, 0.05) is 0 Å². The Balaban J connectivity index is 2.50. The van der Waals surface area contributed by atoms with Crippen LogP contribution in [-0.4, -0.2) is 17.2 Å². The van der Waals surface area contributed by atoms with Gasteiger partial charge in [-0.1, -0.05) is 0 Å². The first-order chi connectivity index (χ1) is 3.93. The molecule has 4 heteroatoms. The summed E-state index contributed by atoms with van der Waals surface area (Å²) in [4.78, 5) is 0. The van der Waals surface area contributed by atoms with E-state index in [1.165, 1.54) is 6.39 Å². The lowest BCUT2D eigenvalue weighted by atomic mass is 10.7. The molecule has 8 heavy (non-hydrogen) atoms. The first-order valence-electron chi connectivity index (χ1n) is 2.33. The zero-order valence-electron chi connectivity index (χ0n) is 4.59. The molecule has 0 amide bonds. The Morgan fingerprint density at radius 3 is 3.25 bits per heavy atom. The van der Waals surface area contributed by atoms with E-state index in [0.717, 1.165) is 0 Å². The van der Waals surface area contributed by atoms with Gasteiger partial charge in [-0.25, -0.2) is 0 Å². The van der Waals surface area contributed by atoms with Crippen LogP contribution in [0.1, 0.15) is 5.89 Å². The standard InChI is InChI=1S/C4H7N3O/c1-5-2-4-7-6-3-8-4/h3,5H,2H2,1H3. The molecule has 0 spiro atoms. The molecule has 0 saturated heterocycles. The lowest BCUT2D eigenvalue weighted by Gasteiger charge is -1.85. The number of hydrogen-bond donors (Lipinski definition) is 1. The van der Waals surface area contributed by atoms with E-state index in [2.05, 4.69) is 15.5 Å². The van der Waals surface area contributed by atoms with Crippen molar-refractivity contribution in [3.8, 4) is 0 Å². The monoisotopic (exact) mass is 113 g/mol. The quantitative estimate of drug-likeness (QED) is 0.576. The van der Waals surface area contributed by atoms with Gasteiger partial charge in [0.25, 0.3) is 0 Å². The molecule has 0 unspecified atom stereocenters. The van der Waals surface area contributed by atoms with Gasteiger partial charge in [0.2, 0.25) is 12.3 Å². The van der Waals surface area contributed by atoms with Gasteiger partial charge in [-0.15, -0.1) is 10.2 Å². The molecule has 0 bridgehead atoms. The van der Waals surface area contributed by atoms with Crippen LogP contribution in [0.15, 0.2) is 10.8 Å². The molecule has 1 N–H and O–H groups in total. The smallest absolute Gasteiger partial charge is 0.229 e. The van der Waals surface area contributed by atoms with Gasteiger partial charge in [0.15, 0.2) is 0 Å². The third kappa shape index (κ3) is 1.04. The van der Waals surface area contributed by atoms with Crippen molar-refractivity contribution in [3.63, 3.8) is 0 Å². The van der Waals surface area contributed by atoms with Gasteiger partial charge in [-0.05, 0) is 7.05 Å². The summed E-state index contributed by atoms with van der Waals surface area (Å²) < 4.78 is 4.79. The van der Waals surface area contributed by atoms with E-state index < -0.39 is 0 Å². The minimum absolute atomic E-state index is 0.618. The van der Waals surface area contributed by atoms with E-state index in [0.29, 0.717) is 12.4 Å². The van der Waals surface area contributed by atoms with Crippen molar-refractivity contribution in [3.05, 3.63) is 12.3 Å². The van der Waals surface area contributed by atoms with E-state index in [9.17, 15) is 0 Å². The molecule has 1 rings (SSSR count). The van der Waals surface area contributed by atoms with Crippen LogP contribution < -0.4 is 5.32 Å². The highest BCUT2D eigenvalue weighted by Gasteiger charge is 1.91. The van der Waals surface area contributed by atoms with Gasteiger partial charge in [-0.2, -0.15) is 0 Å². The molecule has 4 nitrogen and oxygen atoms in total. The van der Waals surface area contributed by atoms with Crippen molar-refractivity contribution in [2.75, 3.05) is 7.05 Å². The summed E-state index contributed by atoms with van der Waals surface area (Å²) in [5.41, 5.74) is 0. The van der Waals surface area contributed by atoms with Gasteiger partial charge in [0.1, 0.15) is 0 Å². The average molecular weight is 113 g/mol. The summed E-state index contributed by atoms with van der Waals surface area (Å²) in [6, 6.07) is 0. The van der Waals surface area contributed by atoms with Crippen molar-refractivity contribution < 1.29 is 4.42 Å². The number of rotatable bonds is 2. The molecule has 1 aromatic heterocycles. The maximum Gasteiger partial charge on any atom is 0.229 e. The maximum absolute atomic E-state index is 4.79. The Bertz CT molecular complexity index is 137. The topological polar surface area (TPSA) is 51.0 Å². The van der Waals surface area contributed by atoms with Crippen LogP contribution in [0, 0.1) is 0 Å². The Labute approximate surface area is 46.9 Å². The summed E-state index contributed by atoms with van der Waals surface area (Å²) >= 11 is 0. The fourth-order valence-corrected chi connectivity index (χ4v) is 0.424. The molecule has 0 aliphatic carbocycles. The van der Waals surface area contributed by atoms with Crippen LogP contribution in [0.5, 0.6) is 0 Å². The van der Waals surface area contributed by atoms with Crippen molar-refractivity contribution in [1.82, 2.24) is 15.5 Å². The van der Waals surface area contributed by atoms with Crippen LogP contribution in [0.25, 0.3) is 0 Å². The van der Waals surface area contributed by atoms with Gasteiger partial charge in [0.05, 0.1) is 6.54 Å².